The van der Waals surface area contributed by atoms with E-state index < -0.39 is 0 Å². The molecular weight excluding hydrogens is 357 g/mol. The second kappa shape index (κ2) is 8.19. The normalized spacial score (nSPS) is 13.9. The molecule has 0 aliphatic carbocycles. The van der Waals surface area contributed by atoms with Gasteiger partial charge in [0.1, 0.15) is 5.82 Å². The van der Waals surface area contributed by atoms with Crippen LogP contribution in [0.2, 0.25) is 0 Å². The zero-order valence-corrected chi connectivity index (χ0v) is 15.3. The molecule has 5 nitrogen and oxygen atoms in total. The van der Waals surface area contributed by atoms with Crippen LogP contribution in [0.3, 0.4) is 0 Å². The number of nitrogen functional groups attached to an aromatic ring is 1. The van der Waals surface area contributed by atoms with Gasteiger partial charge in [-0.2, -0.15) is 0 Å². The van der Waals surface area contributed by atoms with Gasteiger partial charge in [0.25, 0.3) is 11.8 Å². The van der Waals surface area contributed by atoms with E-state index in [-0.39, 0.29) is 30.0 Å². The number of nitrogens with zero attached hydrogens (tertiary/aromatic N) is 2. The molecule has 0 aromatic heterocycles. The summed E-state index contributed by atoms with van der Waals surface area (Å²) in [5.41, 5.74) is 7.65. The first kappa shape index (κ1) is 19.7. The standard InChI is InChI=1S/C19H20FN3O2.ClH/c1-13-5-6-15(12-17(13)20)19(25)23-9-7-22(8-10-23)18(24)14-3-2-4-16(21)11-14;/h2-6,11-12H,7-10,21H2,1H3;1H. The van der Waals surface area contributed by atoms with E-state index in [9.17, 15) is 14.0 Å². The molecule has 1 heterocycles. The summed E-state index contributed by atoms with van der Waals surface area (Å²) >= 11 is 0. The van der Waals surface area contributed by atoms with Crippen molar-refractivity contribution in [3.05, 3.63) is 65.0 Å². The van der Waals surface area contributed by atoms with Crippen LogP contribution in [0.15, 0.2) is 42.5 Å². The molecule has 3 rings (SSSR count). The number of hydrogen-bond acceptors (Lipinski definition) is 3. The van der Waals surface area contributed by atoms with Gasteiger partial charge in [-0.05, 0) is 42.8 Å². The molecule has 1 saturated heterocycles. The molecule has 0 spiro atoms. The van der Waals surface area contributed by atoms with Crippen molar-refractivity contribution in [1.29, 1.82) is 0 Å². The third-order valence-electron chi connectivity index (χ3n) is 4.41. The van der Waals surface area contributed by atoms with Crippen LogP contribution >= 0.6 is 12.4 Å². The molecule has 1 aliphatic heterocycles. The highest BCUT2D eigenvalue weighted by Crippen LogP contribution is 2.15. The monoisotopic (exact) mass is 377 g/mol. The Morgan fingerprint density at radius 2 is 1.46 bits per heavy atom. The molecule has 0 saturated carbocycles. The lowest BCUT2D eigenvalue weighted by molar-refractivity contribution is 0.0535. The minimum atomic E-state index is -0.388. The average Bonchev–Trinajstić information content (AvgIpc) is 2.63. The molecule has 26 heavy (non-hydrogen) atoms. The fourth-order valence-corrected chi connectivity index (χ4v) is 2.88. The Labute approximate surface area is 158 Å². The van der Waals surface area contributed by atoms with Gasteiger partial charge in [0.2, 0.25) is 0 Å². The lowest BCUT2D eigenvalue weighted by Gasteiger charge is -2.35. The maximum Gasteiger partial charge on any atom is 0.254 e. The number of piperazine rings is 1. The zero-order valence-electron chi connectivity index (χ0n) is 14.4. The number of hydrogen-bond donors (Lipinski definition) is 1. The SMILES string of the molecule is Cc1ccc(C(=O)N2CCN(C(=O)c3cccc(N)c3)CC2)cc1F.Cl. The van der Waals surface area contributed by atoms with Crippen LogP contribution < -0.4 is 5.73 Å². The van der Waals surface area contributed by atoms with Crippen molar-refractivity contribution in [2.24, 2.45) is 0 Å². The number of carbonyl (C=O) groups excluding carboxylic acids is 2. The lowest BCUT2D eigenvalue weighted by atomic mass is 10.1. The number of rotatable bonds is 2. The van der Waals surface area contributed by atoms with E-state index in [0.717, 1.165) is 0 Å². The van der Waals surface area contributed by atoms with E-state index in [1.165, 1.54) is 6.07 Å². The molecule has 2 aromatic carbocycles. The van der Waals surface area contributed by atoms with Crippen LogP contribution in [-0.2, 0) is 0 Å². The van der Waals surface area contributed by atoms with Gasteiger partial charge in [-0.25, -0.2) is 4.39 Å². The van der Waals surface area contributed by atoms with Crippen molar-refractivity contribution < 1.29 is 14.0 Å². The predicted octanol–water partition coefficient (Wildman–Crippen LogP) is 2.74. The van der Waals surface area contributed by atoms with Crippen LogP contribution in [0.4, 0.5) is 10.1 Å². The minimum absolute atomic E-state index is 0. The number of amides is 2. The molecule has 0 radical (unpaired) electrons. The van der Waals surface area contributed by atoms with E-state index in [2.05, 4.69) is 0 Å². The van der Waals surface area contributed by atoms with E-state index in [1.54, 1.807) is 53.1 Å². The Balaban J connectivity index is 0.00000243. The average molecular weight is 378 g/mol. The number of carbonyl (C=O) groups is 2. The number of nitrogens with two attached hydrogens (primary N) is 1. The molecule has 0 unspecified atom stereocenters. The summed E-state index contributed by atoms with van der Waals surface area (Å²) in [6, 6.07) is 11.3. The highest BCUT2D eigenvalue weighted by Gasteiger charge is 2.25. The molecular formula is C19H21ClFN3O2. The quantitative estimate of drug-likeness (QED) is 0.818. The molecule has 2 aromatic rings. The number of anilines is 1. The molecule has 1 fully saturated rings. The smallest absolute Gasteiger partial charge is 0.254 e. The van der Waals surface area contributed by atoms with Crippen molar-refractivity contribution in [3.8, 4) is 0 Å². The van der Waals surface area contributed by atoms with E-state index in [1.807, 2.05) is 0 Å². The third kappa shape index (κ3) is 4.14. The predicted molar refractivity (Wildman–Crippen MR) is 101 cm³/mol. The van der Waals surface area contributed by atoms with Crippen molar-refractivity contribution in [1.82, 2.24) is 9.80 Å². The summed E-state index contributed by atoms with van der Waals surface area (Å²) in [7, 11) is 0. The first-order valence-corrected chi connectivity index (χ1v) is 8.16. The van der Waals surface area contributed by atoms with Crippen LogP contribution in [0.5, 0.6) is 0 Å². The molecule has 2 amide bonds. The van der Waals surface area contributed by atoms with Gasteiger partial charge in [-0.1, -0.05) is 12.1 Å². The van der Waals surface area contributed by atoms with E-state index in [0.29, 0.717) is 48.6 Å². The summed E-state index contributed by atoms with van der Waals surface area (Å²) in [4.78, 5) is 28.3. The summed E-state index contributed by atoms with van der Waals surface area (Å²) in [5, 5.41) is 0. The van der Waals surface area contributed by atoms with Crippen molar-refractivity contribution >= 4 is 29.9 Å². The largest absolute Gasteiger partial charge is 0.399 e. The van der Waals surface area contributed by atoms with Gasteiger partial charge in [0.05, 0.1) is 0 Å². The topological polar surface area (TPSA) is 66.6 Å². The summed E-state index contributed by atoms with van der Waals surface area (Å²) < 4.78 is 13.7. The number of halogens is 2. The highest BCUT2D eigenvalue weighted by molar-refractivity contribution is 5.96. The third-order valence-corrected chi connectivity index (χ3v) is 4.41. The Bertz CT molecular complexity index is 820. The molecule has 0 bridgehead atoms. The fourth-order valence-electron chi connectivity index (χ4n) is 2.88. The lowest BCUT2D eigenvalue weighted by Crippen LogP contribution is -2.50. The first-order valence-electron chi connectivity index (χ1n) is 8.16. The Morgan fingerprint density at radius 1 is 0.923 bits per heavy atom. The number of aryl methyl sites for hydroxylation is 1. The van der Waals surface area contributed by atoms with Crippen LogP contribution in [0, 0.1) is 12.7 Å². The van der Waals surface area contributed by atoms with Gasteiger partial charge in [-0.15, -0.1) is 12.4 Å². The Kier molecular flexibility index (Phi) is 6.21. The van der Waals surface area contributed by atoms with E-state index in [4.69, 9.17) is 5.73 Å². The second-order valence-corrected chi connectivity index (χ2v) is 6.17. The Morgan fingerprint density at radius 3 is 1.96 bits per heavy atom. The first-order chi connectivity index (χ1) is 12.0. The number of benzene rings is 2. The second-order valence-electron chi connectivity index (χ2n) is 6.17. The molecule has 138 valence electrons. The maximum absolute atomic E-state index is 13.7. The molecule has 2 N–H and O–H groups in total. The van der Waals surface area contributed by atoms with E-state index >= 15 is 0 Å². The summed E-state index contributed by atoms with van der Waals surface area (Å²) in [6.45, 7) is 3.37. The summed E-state index contributed by atoms with van der Waals surface area (Å²) in [5.74, 6) is -0.697. The van der Waals surface area contributed by atoms with Gasteiger partial charge >= 0.3 is 0 Å². The van der Waals surface area contributed by atoms with Crippen molar-refractivity contribution in [2.45, 2.75) is 6.92 Å². The Hall–Kier alpha value is -2.60. The van der Waals surface area contributed by atoms with Gasteiger partial charge in [0, 0.05) is 43.0 Å². The zero-order chi connectivity index (χ0) is 18.0. The fraction of sp³-hybridized carbons (Fsp3) is 0.263. The van der Waals surface area contributed by atoms with Gasteiger partial charge < -0.3 is 15.5 Å². The van der Waals surface area contributed by atoms with Crippen LogP contribution in [0.1, 0.15) is 26.3 Å². The molecule has 0 atom stereocenters. The highest BCUT2D eigenvalue weighted by atomic mass is 35.5. The molecule has 7 heteroatoms. The van der Waals surface area contributed by atoms with Crippen molar-refractivity contribution in [2.75, 3.05) is 31.9 Å². The van der Waals surface area contributed by atoms with Gasteiger partial charge in [-0.3, -0.25) is 9.59 Å². The minimum Gasteiger partial charge on any atom is -0.399 e. The van der Waals surface area contributed by atoms with Crippen LogP contribution in [0.25, 0.3) is 0 Å². The van der Waals surface area contributed by atoms with Crippen LogP contribution in [-0.4, -0.2) is 47.8 Å². The summed E-state index contributed by atoms with van der Waals surface area (Å²) in [6.07, 6.45) is 0. The van der Waals surface area contributed by atoms with Crippen molar-refractivity contribution in [3.63, 3.8) is 0 Å². The van der Waals surface area contributed by atoms with Gasteiger partial charge in [0.15, 0.2) is 0 Å². The maximum atomic E-state index is 13.7. The molecule has 1 aliphatic rings.